The first-order valence-corrected chi connectivity index (χ1v) is 5.99. The molecule has 0 aliphatic carbocycles. The molecule has 7 heteroatoms. The number of anilines is 1. The van der Waals surface area contributed by atoms with Crippen LogP contribution in [0.3, 0.4) is 0 Å². The highest BCUT2D eigenvalue weighted by atomic mass is 19.1. The Hall–Kier alpha value is -2.28. The van der Waals surface area contributed by atoms with Gasteiger partial charge in [-0.3, -0.25) is 19.3 Å². The zero-order chi connectivity index (χ0) is 14.9. The van der Waals surface area contributed by atoms with Crippen LogP contribution in [0.5, 0.6) is 0 Å². The van der Waals surface area contributed by atoms with E-state index in [0.29, 0.717) is 5.56 Å². The number of fused-ring (bicyclic) bond motifs is 1. The monoisotopic (exact) mass is 280 g/mol. The molecule has 0 spiro atoms. The molecule has 0 saturated carbocycles. The molecule has 0 radical (unpaired) electrons. The number of aliphatic hydroxyl groups excluding tert-OH is 1. The first kappa shape index (κ1) is 14.1. The summed E-state index contributed by atoms with van der Waals surface area (Å²) >= 11 is 0. The van der Waals surface area contributed by atoms with E-state index in [2.05, 4.69) is 5.32 Å². The molecule has 2 N–H and O–H groups in total. The van der Waals surface area contributed by atoms with Gasteiger partial charge in [0.05, 0.1) is 17.9 Å². The number of amides is 2. The molecule has 6 nitrogen and oxygen atoms in total. The van der Waals surface area contributed by atoms with E-state index in [1.54, 1.807) is 6.92 Å². The third-order valence-corrected chi connectivity index (χ3v) is 2.90. The Balaban J connectivity index is 2.31. The first-order chi connectivity index (χ1) is 9.45. The molecular weight excluding hydrogens is 267 g/mol. The summed E-state index contributed by atoms with van der Waals surface area (Å²) in [6, 6.07) is 2.62. The highest BCUT2D eigenvalue weighted by Gasteiger charge is 2.39. The summed E-state index contributed by atoms with van der Waals surface area (Å²) in [6.45, 7) is 0.927. The maximum absolute atomic E-state index is 13.9. The molecule has 2 rings (SSSR count). The van der Waals surface area contributed by atoms with Gasteiger partial charge in [-0.1, -0.05) is 0 Å². The number of nitrogens with zero attached hydrogens (tertiary/aromatic N) is 1. The quantitative estimate of drug-likeness (QED) is 0.746. The molecular formula is C13H13FN2O4. The predicted octanol–water partition coefficient (Wildman–Crippen LogP) is -0.228. The van der Waals surface area contributed by atoms with E-state index >= 15 is 0 Å². The molecule has 0 aromatic heterocycles. The molecule has 0 saturated heterocycles. The second-order valence-corrected chi connectivity index (χ2v) is 4.44. The highest BCUT2D eigenvalue weighted by molar-refractivity contribution is 6.52. The van der Waals surface area contributed by atoms with E-state index in [0.717, 1.165) is 4.90 Å². The van der Waals surface area contributed by atoms with Crippen molar-refractivity contribution in [3.63, 3.8) is 0 Å². The summed E-state index contributed by atoms with van der Waals surface area (Å²) in [4.78, 5) is 36.0. The average Bonchev–Trinajstić information content (AvgIpc) is 2.62. The Morgan fingerprint density at radius 2 is 2.10 bits per heavy atom. The van der Waals surface area contributed by atoms with E-state index in [4.69, 9.17) is 5.11 Å². The topological polar surface area (TPSA) is 86.7 Å². The van der Waals surface area contributed by atoms with Gasteiger partial charge >= 0.3 is 0 Å². The number of aliphatic hydroxyl groups is 1. The summed E-state index contributed by atoms with van der Waals surface area (Å²) in [5, 5.41) is 10.9. The van der Waals surface area contributed by atoms with E-state index in [1.807, 2.05) is 0 Å². The fourth-order valence-electron chi connectivity index (χ4n) is 2.07. The van der Waals surface area contributed by atoms with Gasteiger partial charge in [-0.05, 0) is 24.6 Å². The van der Waals surface area contributed by atoms with E-state index in [-0.39, 0.29) is 24.4 Å². The molecule has 1 aromatic carbocycles. The fraction of sp³-hybridized carbons (Fsp3) is 0.308. The van der Waals surface area contributed by atoms with Crippen LogP contribution in [0.4, 0.5) is 10.1 Å². The van der Waals surface area contributed by atoms with Crippen molar-refractivity contribution in [1.29, 1.82) is 0 Å². The molecule has 1 aliphatic rings. The number of aryl methyl sites for hydroxylation is 1. The number of ketones is 1. The van der Waals surface area contributed by atoms with Crippen LogP contribution in [0.1, 0.15) is 15.9 Å². The van der Waals surface area contributed by atoms with Gasteiger partial charge in [-0.15, -0.1) is 0 Å². The van der Waals surface area contributed by atoms with Gasteiger partial charge in [0.15, 0.2) is 0 Å². The second-order valence-electron chi connectivity index (χ2n) is 4.44. The minimum absolute atomic E-state index is 0.0255. The van der Waals surface area contributed by atoms with Crippen molar-refractivity contribution < 1.29 is 23.9 Å². The Bertz CT molecular complexity index is 600. The van der Waals surface area contributed by atoms with Crippen LogP contribution in [0.2, 0.25) is 0 Å². The first-order valence-electron chi connectivity index (χ1n) is 5.99. The molecule has 20 heavy (non-hydrogen) atoms. The Morgan fingerprint density at radius 3 is 2.75 bits per heavy atom. The van der Waals surface area contributed by atoms with Gasteiger partial charge in [0, 0.05) is 6.54 Å². The van der Waals surface area contributed by atoms with Gasteiger partial charge in [0.1, 0.15) is 12.4 Å². The number of halogens is 1. The second kappa shape index (κ2) is 5.38. The van der Waals surface area contributed by atoms with Crippen molar-refractivity contribution in [1.82, 2.24) is 5.32 Å². The standard InChI is InChI=1S/C13H13FN2O4/c1-7-4-8-11(9(14)5-7)16(13(20)12(8)19)6-10(18)15-2-3-17/h4-5,17H,2-3,6H2,1H3,(H,15,18). The van der Waals surface area contributed by atoms with Gasteiger partial charge in [0.25, 0.3) is 11.7 Å². The smallest absolute Gasteiger partial charge is 0.300 e. The molecule has 0 unspecified atom stereocenters. The van der Waals surface area contributed by atoms with Crippen LogP contribution < -0.4 is 10.2 Å². The zero-order valence-corrected chi connectivity index (χ0v) is 10.8. The lowest BCUT2D eigenvalue weighted by molar-refractivity contribution is -0.122. The van der Waals surface area contributed by atoms with Crippen molar-refractivity contribution in [3.05, 3.63) is 29.1 Å². The zero-order valence-electron chi connectivity index (χ0n) is 10.8. The fourth-order valence-corrected chi connectivity index (χ4v) is 2.07. The van der Waals surface area contributed by atoms with Gasteiger partial charge in [-0.25, -0.2) is 4.39 Å². The Kier molecular flexibility index (Phi) is 3.80. The lowest BCUT2D eigenvalue weighted by Gasteiger charge is -2.16. The predicted molar refractivity (Wildman–Crippen MR) is 67.9 cm³/mol. The summed E-state index contributed by atoms with van der Waals surface area (Å²) in [6.07, 6.45) is 0. The molecule has 1 aromatic rings. The van der Waals surface area contributed by atoms with Gasteiger partial charge in [0.2, 0.25) is 5.91 Å². The molecule has 1 heterocycles. The van der Waals surface area contributed by atoms with Crippen LogP contribution in [0.15, 0.2) is 12.1 Å². The van der Waals surface area contributed by atoms with Crippen molar-refractivity contribution >= 4 is 23.3 Å². The van der Waals surface area contributed by atoms with Crippen LogP contribution >= 0.6 is 0 Å². The molecule has 0 atom stereocenters. The lowest BCUT2D eigenvalue weighted by Crippen LogP contribution is -2.41. The molecule has 0 bridgehead atoms. The number of hydrogen-bond donors (Lipinski definition) is 2. The number of carbonyl (C=O) groups excluding carboxylic acids is 3. The number of benzene rings is 1. The van der Waals surface area contributed by atoms with E-state index in [9.17, 15) is 18.8 Å². The number of carbonyl (C=O) groups is 3. The van der Waals surface area contributed by atoms with Crippen molar-refractivity contribution in [2.24, 2.45) is 0 Å². The van der Waals surface area contributed by atoms with Crippen molar-refractivity contribution in [2.75, 3.05) is 24.6 Å². The van der Waals surface area contributed by atoms with Crippen LogP contribution in [-0.2, 0) is 9.59 Å². The van der Waals surface area contributed by atoms with Crippen LogP contribution in [0.25, 0.3) is 0 Å². The highest BCUT2D eigenvalue weighted by Crippen LogP contribution is 2.32. The van der Waals surface area contributed by atoms with Gasteiger partial charge < -0.3 is 10.4 Å². The SMILES string of the molecule is Cc1cc(F)c2c(c1)C(=O)C(=O)N2CC(=O)NCCO. The van der Waals surface area contributed by atoms with Crippen molar-refractivity contribution in [2.45, 2.75) is 6.92 Å². The summed E-state index contributed by atoms with van der Waals surface area (Å²) in [5.74, 6) is -3.04. The molecule has 0 fully saturated rings. The van der Waals surface area contributed by atoms with Crippen molar-refractivity contribution in [3.8, 4) is 0 Å². The number of rotatable bonds is 4. The number of hydrogen-bond acceptors (Lipinski definition) is 4. The van der Waals surface area contributed by atoms with Crippen LogP contribution in [-0.4, -0.2) is 42.4 Å². The number of Topliss-reactive ketones (excluding diaryl/α,β-unsaturated/α-hetero) is 1. The van der Waals surface area contributed by atoms with E-state index < -0.39 is 30.0 Å². The minimum Gasteiger partial charge on any atom is -0.395 e. The molecule has 106 valence electrons. The maximum Gasteiger partial charge on any atom is 0.300 e. The Morgan fingerprint density at radius 1 is 1.40 bits per heavy atom. The maximum atomic E-state index is 13.9. The molecule has 1 aliphatic heterocycles. The number of nitrogens with one attached hydrogen (secondary N) is 1. The minimum atomic E-state index is -0.927. The third-order valence-electron chi connectivity index (χ3n) is 2.90. The summed E-state index contributed by atoms with van der Waals surface area (Å²) < 4.78 is 13.9. The summed E-state index contributed by atoms with van der Waals surface area (Å²) in [5.41, 5.74) is 0.334. The van der Waals surface area contributed by atoms with Crippen LogP contribution in [0, 0.1) is 12.7 Å². The largest absolute Gasteiger partial charge is 0.395 e. The lowest BCUT2D eigenvalue weighted by atomic mass is 10.1. The van der Waals surface area contributed by atoms with E-state index in [1.165, 1.54) is 12.1 Å². The van der Waals surface area contributed by atoms with Gasteiger partial charge in [-0.2, -0.15) is 0 Å². The average molecular weight is 280 g/mol. The Labute approximate surface area is 114 Å². The summed E-state index contributed by atoms with van der Waals surface area (Å²) in [7, 11) is 0. The normalized spacial score (nSPS) is 13.7. The molecule has 2 amide bonds. The third kappa shape index (κ3) is 2.39.